The van der Waals surface area contributed by atoms with Gasteiger partial charge < -0.3 is 15.2 Å². The highest BCUT2D eigenvalue weighted by molar-refractivity contribution is 7.80. The fraction of sp³-hybridized carbons (Fsp3) is 0.200. The zero-order chi connectivity index (χ0) is 18.5. The Morgan fingerprint density at radius 1 is 1.23 bits per heavy atom. The van der Waals surface area contributed by atoms with E-state index in [4.69, 9.17) is 33.8 Å². The lowest BCUT2D eigenvalue weighted by Gasteiger charge is -2.22. The van der Waals surface area contributed by atoms with Crippen LogP contribution in [0.15, 0.2) is 53.6 Å². The zero-order valence-electron chi connectivity index (χ0n) is 14.4. The van der Waals surface area contributed by atoms with Gasteiger partial charge in [0.25, 0.3) is 0 Å². The number of rotatable bonds is 5. The average Bonchev–Trinajstić information content (AvgIpc) is 3.12. The molecule has 0 aliphatic carbocycles. The van der Waals surface area contributed by atoms with Gasteiger partial charge in [-0.3, -0.25) is 0 Å². The third-order valence-corrected chi connectivity index (χ3v) is 4.33. The molecule has 3 rings (SSSR count). The standard InChI is InChI=1S/C20H19N3O2S/c1-3-12-25-17-10-6-15(7-11-17)19-13-18(22-23(19)20(21)26)14-4-8-16(24-2)9-5-14/h1,4-11,19H,12-13H2,2H3,(H2,21,26)/t19-/m1/s1. The van der Waals surface area contributed by atoms with Crippen molar-refractivity contribution >= 4 is 23.0 Å². The second kappa shape index (κ2) is 7.89. The Balaban J connectivity index is 1.82. The van der Waals surface area contributed by atoms with Crippen molar-refractivity contribution in [2.75, 3.05) is 13.7 Å². The summed E-state index contributed by atoms with van der Waals surface area (Å²) in [6, 6.07) is 15.5. The molecule has 0 fully saturated rings. The molecular weight excluding hydrogens is 346 g/mol. The van der Waals surface area contributed by atoms with Crippen molar-refractivity contribution < 1.29 is 9.47 Å². The first kappa shape index (κ1) is 17.8. The molecule has 0 bridgehead atoms. The summed E-state index contributed by atoms with van der Waals surface area (Å²) in [6.07, 6.45) is 5.92. The summed E-state index contributed by atoms with van der Waals surface area (Å²) in [5.41, 5.74) is 8.89. The van der Waals surface area contributed by atoms with Crippen LogP contribution in [0.2, 0.25) is 0 Å². The summed E-state index contributed by atoms with van der Waals surface area (Å²) in [5, 5.41) is 6.56. The molecule has 0 spiro atoms. The number of hydrogen-bond donors (Lipinski definition) is 1. The van der Waals surface area contributed by atoms with Crippen LogP contribution in [0.5, 0.6) is 11.5 Å². The summed E-state index contributed by atoms with van der Waals surface area (Å²) < 4.78 is 10.6. The highest BCUT2D eigenvalue weighted by atomic mass is 32.1. The smallest absolute Gasteiger partial charge is 0.187 e. The van der Waals surface area contributed by atoms with Gasteiger partial charge in [-0.2, -0.15) is 5.10 Å². The van der Waals surface area contributed by atoms with Gasteiger partial charge in [-0.1, -0.05) is 18.1 Å². The normalized spacial score (nSPS) is 15.9. The van der Waals surface area contributed by atoms with Crippen LogP contribution >= 0.6 is 12.2 Å². The molecule has 5 nitrogen and oxygen atoms in total. The van der Waals surface area contributed by atoms with Gasteiger partial charge in [-0.15, -0.1) is 6.42 Å². The fourth-order valence-corrected chi connectivity index (χ4v) is 3.01. The van der Waals surface area contributed by atoms with Crippen LogP contribution in [0.1, 0.15) is 23.6 Å². The molecule has 1 atom stereocenters. The first-order chi connectivity index (χ1) is 12.6. The quantitative estimate of drug-likeness (QED) is 0.652. The van der Waals surface area contributed by atoms with Crippen molar-refractivity contribution in [3.8, 4) is 23.8 Å². The largest absolute Gasteiger partial charge is 0.497 e. The Morgan fingerprint density at radius 3 is 2.46 bits per heavy atom. The van der Waals surface area contributed by atoms with E-state index in [1.807, 2.05) is 48.5 Å². The van der Waals surface area contributed by atoms with Gasteiger partial charge in [0.15, 0.2) is 5.11 Å². The SMILES string of the molecule is C#CCOc1ccc([C@H]2CC(c3ccc(OC)cc3)=NN2C(N)=S)cc1. The minimum atomic E-state index is -0.0497. The van der Waals surface area contributed by atoms with Crippen LogP contribution in [-0.4, -0.2) is 29.5 Å². The zero-order valence-corrected chi connectivity index (χ0v) is 15.2. The van der Waals surface area contributed by atoms with Gasteiger partial charge in [0.2, 0.25) is 0 Å². The number of thiocarbonyl (C=S) groups is 1. The van der Waals surface area contributed by atoms with E-state index >= 15 is 0 Å². The summed E-state index contributed by atoms with van der Waals surface area (Å²) in [4.78, 5) is 0. The monoisotopic (exact) mass is 365 g/mol. The first-order valence-corrected chi connectivity index (χ1v) is 8.50. The van der Waals surface area contributed by atoms with Crippen molar-refractivity contribution in [1.82, 2.24) is 5.01 Å². The van der Waals surface area contributed by atoms with Gasteiger partial charge in [0, 0.05) is 6.42 Å². The number of benzene rings is 2. The summed E-state index contributed by atoms with van der Waals surface area (Å²) in [7, 11) is 1.64. The molecule has 132 valence electrons. The van der Waals surface area contributed by atoms with Crippen LogP contribution in [0.4, 0.5) is 0 Å². The Labute approximate surface area is 158 Å². The summed E-state index contributed by atoms with van der Waals surface area (Å²) in [6.45, 7) is 0.243. The lowest BCUT2D eigenvalue weighted by atomic mass is 9.98. The Kier molecular flexibility index (Phi) is 5.40. The molecule has 0 saturated carbocycles. The Hall–Kier alpha value is -3.04. The molecule has 2 aromatic carbocycles. The highest BCUT2D eigenvalue weighted by Crippen LogP contribution is 2.33. The molecule has 1 aliphatic rings. The minimum absolute atomic E-state index is 0.0497. The van der Waals surface area contributed by atoms with Gasteiger partial charge in [-0.05, 0) is 59.7 Å². The van der Waals surface area contributed by atoms with E-state index in [0.29, 0.717) is 6.42 Å². The Bertz CT molecular complexity index is 854. The highest BCUT2D eigenvalue weighted by Gasteiger charge is 2.30. The number of hydrogen-bond acceptors (Lipinski definition) is 4. The lowest BCUT2D eigenvalue weighted by Crippen LogP contribution is -2.31. The average molecular weight is 365 g/mol. The van der Waals surface area contributed by atoms with Crippen molar-refractivity contribution in [3.05, 3.63) is 59.7 Å². The second-order valence-electron chi connectivity index (χ2n) is 5.74. The predicted octanol–water partition coefficient (Wildman–Crippen LogP) is 3.10. The van der Waals surface area contributed by atoms with E-state index in [1.54, 1.807) is 12.1 Å². The number of methoxy groups -OCH3 is 1. The number of nitrogens with zero attached hydrogens (tertiary/aromatic N) is 2. The van der Waals surface area contributed by atoms with Crippen LogP contribution in [0, 0.1) is 12.3 Å². The number of terminal acetylenes is 1. The third-order valence-electron chi connectivity index (χ3n) is 4.15. The van der Waals surface area contributed by atoms with E-state index in [-0.39, 0.29) is 17.8 Å². The number of hydrazone groups is 1. The van der Waals surface area contributed by atoms with Crippen LogP contribution < -0.4 is 15.2 Å². The Morgan fingerprint density at radius 2 is 1.88 bits per heavy atom. The maximum atomic E-state index is 5.89. The topological polar surface area (TPSA) is 60.1 Å². The van der Waals surface area contributed by atoms with E-state index in [9.17, 15) is 0 Å². The third kappa shape index (κ3) is 3.79. The molecule has 0 unspecified atom stereocenters. The predicted molar refractivity (Wildman–Crippen MR) is 106 cm³/mol. The molecule has 2 N–H and O–H groups in total. The van der Waals surface area contributed by atoms with Gasteiger partial charge >= 0.3 is 0 Å². The van der Waals surface area contributed by atoms with Crippen molar-refractivity contribution in [1.29, 1.82) is 0 Å². The van der Waals surface area contributed by atoms with Crippen LogP contribution in [-0.2, 0) is 0 Å². The number of ether oxygens (including phenoxy) is 2. The molecule has 0 saturated heterocycles. The van der Waals surface area contributed by atoms with Crippen LogP contribution in [0.3, 0.4) is 0 Å². The lowest BCUT2D eigenvalue weighted by molar-refractivity contribution is 0.364. The maximum Gasteiger partial charge on any atom is 0.187 e. The maximum absolute atomic E-state index is 5.89. The summed E-state index contributed by atoms with van der Waals surface area (Å²) >= 11 is 5.19. The molecule has 0 radical (unpaired) electrons. The van der Waals surface area contributed by atoms with E-state index < -0.39 is 0 Å². The van der Waals surface area contributed by atoms with Gasteiger partial charge in [0.1, 0.15) is 18.1 Å². The van der Waals surface area contributed by atoms with Crippen molar-refractivity contribution in [3.63, 3.8) is 0 Å². The molecular formula is C20H19N3O2S. The summed E-state index contributed by atoms with van der Waals surface area (Å²) in [5.74, 6) is 3.98. The van der Waals surface area contributed by atoms with Crippen molar-refractivity contribution in [2.45, 2.75) is 12.5 Å². The molecule has 26 heavy (non-hydrogen) atoms. The second-order valence-corrected chi connectivity index (χ2v) is 6.16. The first-order valence-electron chi connectivity index (χ1n) is 8.09. The van der Waals surface area contributed by atoms with Gasteiger partial charge in [0.05, 0.1) is 18.9 Å². The van der Waals surface area contributed by atoms with Crippen molar-refractivity contribution in [2.24, 2.45) is 10.8 Å². The molecule has 2 aromatic rings. The molecule has 1 heterocycles. The molecule has 0 amide bonds. The van der Waals surface area contributed by atoms with E-state index in [2.05, 4.69) is 11.0 Å². The van der Waals surface area contributed by atoms with E-state index in [0.717, 1.165) is 28.3 Å². The molecule has 6 heteroatoms. The number of nitrogens with two attached hydrogens (primary N) is 1. The molecule has 0 aromatic heterocycles. The fourth-order valence-electron chi connectivity index (χ4n) is 2.84. The van der Waals surface area contributed by atoms with E-state index in [1.165, 1.54) is 0 Å². The molecule has 1 aliphatic heterocycles. The van der Waals surface area contributed by atoms with Crippen LogP contribution in [0.25, 0.3) is 0 Å². The minimum Gasteiger partial charge on any atom is -0.497 e. The van der Waals surface area contributed by atoms with Gasteiger partial charge in [-0.25, -0.2) is 5.01 Å².